The number of hydrogen-bond acceptors (Lipinski definition) is 6. The Kier molecular flexibility index (Phi) is 11.3. The standard InChI is InChI=1S/C35H48N4O4S/c1-35(2,3)44(42)39-25-29-24-30(34(41)36-16-8-17-38-18-21-43-22-19-38)37-33(32(29)31(39)15-20-40)28-14-7-13-27(23-28)12-6-11-26-9-4-5-10-26/h7,13-14,23-24,26,31,40H,4-5,8-11,15-22,25H2,1-3H3,(H,36,41)/t31-,44-/m0/s1. The van der Waals surface area contributed by atoms with Gasteiger partial charge in [0.2, 0.25) is 0 Å². The van der Waals surface area contributed by atoms with E-state index in [0.29, 0.717) is 36.8 Å². The summed E-state index contributed by atoms with van der Waals surface area (Å²) in [4.78, 5) is 20.8. The number of benzene rings is 1. The Bertz CT molecular complexity index is 1380. The highest BCUT2D eigenvalue weighted by Gasteiger charge is 2.40. The van der Waals surface area contributed by atoms with Crippen LogP contribution in [0.5, 0.6) is 0 Å². The zero-order valence-electron chi connectivity index (χ0n) is 26.6. The second-order valence-corrected chi connectivity index (χ2v) is 15.4. The largest absolute Gasteiger partial charge is 0.396 e. The number of carbonyl (C=O) groups excluding carboxylic acids is 1. The smallest absolute Gasteiger partial charge is 0.269 e. The fourth-order valence-electron chi connectivity index (χ4n) is 6.48. The minimum atomic E-state index is -1.31. The van der Waals surface area contributed by atoms with Crippen molar-refractivity contribution in [3.63, 3.8) is 0 Å². The molecule has 238 valence electrons. The monoisotopic (exact) mass is 620 g/mol. The van der Waals surface area contributed by atoms with Crippen LogP contribution in [0, 0.1) is 17.8 Å². The zero-order chi connectivity index (χ0) is 31.1. The van der Waals surface area contributed by atoms with Crippen LogP contribution in [0.15, 0.2) is 30.3 Å². The molecule has 8 nitrogen and oxygen atoms in total. The molecule has 1 saturated heterocycles. The van der Waals surface area contributed by atoms with E-state index in [1.807, 2.05) is 55.4 Å². The first-order valence-corrected chi connectivity index (χ1v) is 17.4. The molecule has 2 atom stereocenters. The van der Waals surface area contributed by atoms with Crippen molar-refractivity contribution >= 4 is 16.9 Å². The van der Waals surface area contributed by atoms with Crippen LogP contribution in [0.4, 0.5) is 0 Å². The summed E-state index contributed by atoms with van der Waals surface area (Å²) in [6, 6.07) is 9.64. The second kappa shape index (κ2) is 15.1. The van der Waals surface area contributed by atoms with Crippen molar-refractivity contribution in [1.29, 1.82) is 0 Å². The number of aliphatic hydroxyl groups is 1. The van der Waals surface area contributed by atoms with E-state index in [-0.39, 0.29) is 18.6 Å². The molecule has 1 aromatic heterocycles. The number of nitrogens with zero attached hydrogens (tertiary/aromatic N) is 3. The number of hydrogen-bond donors (Lipinski definition) is 2. The third-order valence-corrected chi connectivity index (χ3v) is 10.7. The van der Waals surface area contributed by atoms with Crippen LogP contribution in [-0.4, -0.2) is 80.2 Å². The topological polar surface area (TPSA) is 95.0 Å². The molecular formula is C35H48N4O4S. The van der Waals surface area contributed by atoms with Crippen LogP contribution in [0.3, 0.4) is 0 Å². The number of ether oxygens (including phenoxy) is 1. The molecule has 3 heterocycles. The normalized spacial score (nSPS) is 20.2. The molecule has 5 rings (SSSR count). The van der Waals surface area contributed by atoms with Gasteiger partial charge in [-0.3, -0.25) is 9.69 Å². The predicted octanol–water partition coefficient (Wildman–Crippen LogP) is 4.83. The lowest BCUT2D eigenvalue weighted by atomic mass is 9.95. The molecule has 0 unspecified atom stereocenters. The first kappa shape index (κ1) is 32.8. The summed E-state index contributed by atoms with van der Waals surface area (Å²) in [5.74, 6) is 7.25. The maximum absolute atomic E-state index is 13.7. The third-order valence-electron chi connectivity index (χ3n) is 8.80. The van der Waals surface area contributed by atoms with E-state index in [9.17, 15) is 14.1 Å². The Morgan fingerprint density at radius 3 is 2.68 bits per heavy atom. The Hall–Kier alpha value is -2.61. The lowest BCUT2D eigenvalue weighted by Gasteiger charge is -2.30. The molecule has 2 N–H and O–H groups in total. The lowest BCUT2D eigenvalue weighted by Crippen LogP contribution is -2.38. The van der Waals surface area contributed by atoms with Crippen LogP contribution in [0.2, 0.25) is 0 Å². The highest BCUT2D eigenvalue weighted by atomic mass is 32.2. The van der Waals surface area contributed by atoms with E-state index in [1.165, 1.54) is 25.7 Å². The molecular weight excluding hydrogens is 572 g/mol. The minimum Gasteiger partial charge on any atom is -0.396 e. The molecule has 9 heteroatoms. The van der Waals surface area contributed by atoms with Crippen LogP contribution in [0.25, 0.3) is 11.3 Å². The molecule has 0 radical (unpaired) electrons. The second-order valence-electron chi connectivity index (χ2n) is 13.2. The first-order valence-electron chi connectivity index (χ1n) is 16.3. The van der Waals surface area contributed by atoms with Gasteiger partial charge < -0.3 is 15.2 Å². The predicted molar refractivity (Wildman–Crippen MR) is 175 cm³/mol. The zero-order valence-corrected chi connectivity index (χ0v) is 27.4. The van der Waals surface area contributed by atoms with Crippen LogP contribution in [-0.2, 0) is 22.3 Å². The number of fused-ring (bicyclic) bond motifs is 1. The number of pyridine rings is 1. The number of morpholine rings is 1. The highest BCUT2D eigenvalue weighted by molar-refractivity contribution is 7.84. The molecule has 0 spiro atoms. The van der Waals surface area contributed by atoms with Gasteiger partial charge in [0.1, 0.15) is 16.7 Å². The number of carbonyl (C=O) groups is 1. The van der Waals surface area contributed by atoms with Crippen LogP contribution in [0.1, 0.15) is 98.9 Å². The van der Waals surface area contributed by atoms with Crippen molar-refractivity contribution in [2.75, 3.05) is 46.0 Å². The van der Waals surface area contributed by atoms with Gasteiger partial charge in [0.25, 0.3) is 5.91 Å². The van der Waals surface area contributed by atoms with E-state index in [2.05, 4.69) is 22.1 Å². The van der Waals surface area contributed by atoms with Crippen LogP contribution < -0.4 is 5.32 Å². The van der Waals surface area contributed by atoms with Crippen molar-refractivity contribution < 1.29 is 18.8 Å². The van der Waals surface area contributed by atoms with Gasteiger partial charge in [0.05, 0.1) is 29.7 Å². The average Bonchev–Trinajstić information content (AvgIpc) is 3.67. The van der Waals surface area contributed by atoms with Crippen LogP contribution >= 0.6 is 0 Å². The summed E-state index contributed by atoms with van der Waals surface area (Å²) in [5.41, 5.74) is 4.73. The molecule has 2 aromatic rings. The first-order chi connectivity index (χ1) is 21.2. The van der Waals surface area contributed by atoms with E-state index >= 15 is 0 Å². The molecule has 3 aliphatic rings. The summed E-state index contributed by atoms with van der Waals surface area (Å²) >= 11 is 0. The summed E-state index contributed by atoms with van der Waals surface area (Å²) in [6.07, 6.45) is 7.35. The molecule has 44 heavy (non-hydrogen) atoms. The van der Waals surface area contributed by atoms with E-state index < -0.39 is 15.7 Å². The minimum absolute atomic E-state index is 0.0422. The molecule has 1 aromatic carbocycles. The summed E-state index contributed by atoms with van der Waals surface area (Å²) < 4.78 is 20.6. The van der Waals surface area contributed by atoms with E-state index in [1.54, 1.807) is 0 Å². The Labute approximate surface area is 265 Å². The molecule has 2 aliphatic heterocycles. The molecule has 2 fully saturated rings. The van der Waals surface area contributed by atoms with Gasteiger partial charge in [-0.15, -0.1) is 0 Å². The Morgan fingerprint density at radius 2 is 1.95 bits per heavy atom. The average molecular weight is 621 g/mol. The number of aromatic nitrogens is 1. The van der Waals surface area contributed by atoms with Crippen molar-refractivity contribution in [3.8, 4) is 23.1 Å². The third kappa shape index (κ3) is 8.15. The number of rotatable bonds is 10. The quantitative estimate of drug-likeness (QED) is 0.292. The summed E-state index contributed by atoms with van der Waals surface area (Å²) in [5, 5.41) is 13.1. The highest BCUT2D eigenvalue weighted by Crippen LogP contribution is 2.44. The molecule has 1 saturated carbocycles. The fourth-order valence-corrected chi connectivity index (χ4v) is 7.88. The van der Waals surface area contributed by atoms with Crippen molar-refractivity contribution in [2.45, 2.75) is 83.1 Å². The van der Waals surface area contributed by atoms with Gasteiger partial charge in [-0.05, 0) is 82.7 Å². The van der Waals surface area contributed by atoms with Crippen molar-refractivity contribution in [1.82, 2.24) is 19.5 Å². The lowest BCUT2D eigenvalue weighted by molar-refractivity contribution is 0.0374. The maximum Gasteiger partial charge on any atom is 0.269 e. The van der Waals surface area contributed by atoms with Gasteiger partial charge in [0, 0.05) is 55.9 Å². The SMILES string of the molecule is CC(C)(C)[S@](=O)N1Cc2cc(C(=O)NCCCN3CCOCC3)nc(-c3cccc(C#CCC4CCCC4)c3)c2[C@@H]1CCO. The number of amides is 1. The van der Waals surface area contributed by atoms with Gasteiger partial charge in [-0.25, -0.2) is 13.5 Å². The fraction of sp³-hybridized carbons (Fsp3) is 0.600. The van der Waals surface area contributed by atoms with Gasteiger partial charge in [-0.1, -0.05) is 36.8 Å². The van der Waals surface area contributed by atoms with Gasteiger partial charge in [-0.2, -0.15) is 0 Å². The molecule has 1 amide bonds. The number of aliphatic hydroxyl groups excluding tert-OH is 1. The van der Waals surface area contributed by atoms with Crippen molar-refractivity contribution in [2.24, 2.45) is 5.92 Å². The summed E-state index contributed by atoms with van der Waals surface area (Å²) in [7, 11) is -1.31. The van der Waals surface area contributed by atoms with E-state index in [0.717, 1.165) is 67.9 Å². The Balaban J connectivity index is 1.43. The molecule has 1 aliphatic carbocycles. The van der Waals surface area contributed by atoms with Gasteiger partial charge in [0.15, 0.2) is 0 Å². The maximum atomic E-state index is 13.7. The number of nitrogens with one attached hydrogen (secondary N) is 1. The van der Waals surface area contributed by atoms with E-state index in [4.69, 9.17) is 9.72 Å². The van der Waals surface area contributed by atoms with Crippen molar-refractivity contribution in [3.05, 3.63) is 52.7 Å². The molecule has 0 bridgehead atoms. The summed E-state index contributed by atoms with van der Waals surface area (Å²) in [6.45, 7) is 11.1. The van der Waals surface area contributed by atoms with Gasteiger partial charge >= 0.3 is 0 Å². The Morgan fingerprint density at radius 1 is 1.18 bits per heavy atom.